The van der Waals surface area contributed by atoms with E-state index in [-0.39, 0.29) is 0 Å². The van der Waals surface area contributed by atoms with Gasteiger partial charge in [-0.3, -0.25) is 4.98 Å². The fourth-order valence-electron chi connectivity index (χ4n) is 1.10. The van der Waals surface area contributed by atoms with Crippen molar-refractivity contribution in [3.63, 3.8) is 0 Å². The molecule has 82 valence electrons. The number of pyridine rings is 1. The first-order valence-electron chi connectivity index (χ1n) is 5.20. The standard InChI is InChI=1S/C11H17N3S/c1-3-4-7-12-11(15)14-10-6-5-9(2)13-8-10/h5-6,8H,3-4,7H2,1-2H3,(H2,12,14,15). The third kappa shape index (κ3) is 4.74. The molecule has 0 atom stereocenters. The van der Waals surface area contributed by atoms with Crippen molar-refractivity contribution >= 4 is 23.0 Å². The van der Waals surface area contributed by atoms with E-state index in [1.165, 1.54) is 6.42 Å². The Morgan fingerprint density at radius 1 is 1.47 bits per heavy atom. The van der Waals surface area contributed by atoms with E-state index in [1.807, 2.05) is 19.1 Å². The molecule has 2 N–H and O–H groups in total. The third-order valence-corrected chi connectivity index (χ3v) is 2.23. The van der Waals surface area contributed by atoms with Crippen molar-refractivity contribution in [1.29, 1.82) is 0 Å². The second kappa shape index (κ2) is 6.35. The lowest BCUT2D eigenvalue weighted by molar-refractivity contribution is 0.758. The van der Waals surface area contributed by atoms with Gasteiger partial charge in [-0.1, -0.05) is 13.3 Å². The minimum atomic E-state index is 0.661. The van der Waals surface area contributed by atoms with Gasteiger partial charge in [-0.15, -0.1) is 0 Å². The maximum Gasteiger partial charge on any atom is 0.170 e. The predicted molar refractivity (Wildman–Crippen MR) is 68.1 cm³/mol. The van der Waals surface area contributed by atoms with Crippen LogP contribution in [0.4, 0.5) is 5.69 Å². The van der Waals surface area contributed by atoms with E-state index in [1.54, 1.807) is 6.20 Å². The average molecular weight is 223 g/mol. The molecule has 3 nitrogen and oxygen atoms in total. The molecule has 1 rings (SSSR count). The number of anilines is 1. The topological polar surface area (TPSA) is 37.0 Å². The maximum absolute atomic E-state index is 5.13. The highest BCUT2D eigenvalue weighted by atomic mass is 32.1. The first-order chi connectivity index (χ1) is 7.22. The molecule has 0 bridgehead atoms. The molecule has 4 heteroatoms. The molecule has 15 heavy (non-hydrogen) atoms. The van der Waals surface area contributed by atoms with E-state index in [0.29, 0.717) is 5.11 Å². The highest BCUT2D eigenvalue weighted by Crippen LogP contribution is 2.04. The van der Waals surface area contributed by atoms with E-state index in [0.717, 1.165) is 24.3 Å². The Morgan fingerprint density at radius 2 is 2.27 bits per heavy atom. The van der Waals surface area contributed by atoms with Gasteiger partial charge in [-0.05, 0) is 37.7 Å². The summed E-state index contributed by atoms with van der Waals surface area (Å²) in [4.78, 5) is 4.18. The van der Waals surface area contributed by atoms with Crippen LogP contribution < -0.4 is 10.6 Å². The summed E-state index contributed by atoms with van der Waals surface area (Å²) in [6.07, 6.45) is 4.08. The monoisotopic (exact) mass is 223 g/mol. The minimum Gasteiger partial charge on any atom is -0.362 e. The van der Waals surface area contributed by atoms with Gasteiger partial charge in [0.25, 0.3) is 0 Å². The first kappa shape index (κ1) is 11.9. The van der Waals surface area contributed by atoms with Crippen molar-refractivity contribution in [3.8, 4) is 0 Å². The van der Waals surface area contributed by atoms with Gasteiger partial charge in [-0.25, -0.2) is 0 Å². The Kier molecular flexibility index (Phi) is 5.04. The molecule has 0 aliphatic carbocycles. The number of aryl methyl sites for hydroxylation is 1. The number of thiocarbonyl (C=S) groups is 1. The summed E-state index contributed by atoms with van der Waals surface area (Å²) in [6, 6.07) is 3.92. The largest absolute Gasteiger partial charge is 0.362 e. The van der Waals surface area contributed by atoms with Gasteiger partial charge < -0.3 is 10.6 Å². The zero-order chi connectivity index (χ0) is 11.1. The van der Waals surface area contributed by atoms with Crippen molar-refractivity contribution in [3.05, 3.63) is 24.0 Å². The Hall–Kier alpha value is -1.16. The summed E-state index contributed by atoms with van der Waals surface area (Å²) >= 11 is 5.13. The number of rotatable bonds is 4. The molecule has 0 aromatic carbocycles. The van der Waals surface area contributed by atoms with E-state index in [2.05, 4.69) is 22.5 Å². The Bertz CT molecular complexity index is 308. The number of nitrogens with zero attached hydrogens (tertiary/aromatic N) is 1. The molecule has 0 radical (unpaired) electrons. The predicted octanol–water partition coefficient (Wildman–Crippen LogP) is 2.48. The summed E-state index contributed by atoms with van der Waals surface area (Å²) in [5.74, 6) is 0. The van der Waals surface area contributed by atoms with Crippen LogP contribution in [0.25, 0.3) is 0 Å². The second-order valence-corrected chi connectivity index (χ2v) is 3.83. The Labute approximate surface area is 96.3 Å². The molecule has 0 fully saturated rings. The zero-order valence-corrected chi connectivity index (χ0v) is 10.0. The highest BCUT2D eigenvalue weighted by Gasteiger charge is 1.96. The van der Waals surface area contributed by atoms with Crippen LogP contribution in [0, 0.1) is 6.92 Å². The fourth-order valence-corrected chi connectivity index (χ4v) is 1.32. The molecule has 0 aliphatic rings. The molecule has 1 aromatic heterocycles. The van der Waals surface area contributed by atoms with Gasteiger partial charge >= 0.3 is 0 Å². The van der Waals surface area contributed by atoms with Crippen LogP contribution in [0.2, 0.25) is 0 Å². The molecule has 0 aliphatic heterocycles. The smallest absolute Gasteiger partial charge is 0.170 e. The molecule has 1 heterocycles. The molecule has 0 unspecified atom stereocenters. The second-order valence-electron chi connectivity index (χ2n) is 3.42. The maximum atomic E-state index is 5.13. The lowest BCUT2D eigenvalue weighted by Gasteiger charge is -2.09. The highest BCUT2D eigenvalue weighted by molar-refractivity contribution is 7.80. The van der Waals surface area contributed by atoms with Crippen molar-refractivity contribution in [2.45, 2.75) is 26.7 Å². The van der Waals surface area contributed by atoms with Crippen molar-refractivity contribution in [2.24, 2.45) is 0 Å². The molecule has 0 saturated carbocycles. The van der Waals surface area contributed by atoms with Gasteiger partial charge in [0.1, 0.15) is 0 Å². The lowest BCUT2D eigenvalue weighted by atomic mass is 10.3. The van der Waals surface area contributed by atoms with Crippen LogP contribution >= 0.6 is 12.2 Å². The molecule has 0 spiro atoms. The molecule has 0 amide bonds. The van der Waals surface area contributed by atoms with E-state index < -0.39 is 0 Å². The SMILES string of the molecule is CCCCNC(=S)Nc1ccc(C)nc1. The van der Waals surface area contributed by atoms with E-state index in [4.69, 9.17) is 12.2 Å². The summed E-state index contributed by atoms with van der Waals surface area (Å²) in [5, 5.41) is 6.89. The lowest BCUT2D eigenvalue weighted by Crippen LogP contribution is -2.29. The number of nitrogens with one attached hydrogen (secondary N) is 2. The molecular weight excluding hydrogens is 206 g/mol. The number of hydrogen-bond acceptors (Lipinski definition) is 2. The number of unbranched alkanes of at least 4 members (excludes halogenated alkanes) is 1. The molecule has 0 saturated heterocycles. The van der Waals surface area contributed by atoms with Crippen molar-refractivity contribution in [1.82, 2.24) is 10.3 Å². The first-order valence-corrected chi connectivity index (χ1v) is 5.60. The Balaban J connectivity index is 2.34. The van der Waals surface area contributed by atoms with Crippen LogP contribution in [0.3, 0.4) is 0 Å². The normalized spacial score (nSPS) is 9.73. The van der Waals surface area contributed by atoms with E-state index >= 15 is 0 Å². The van der Waals surface area contributed by atoms with E-state index in [9.17, 15) is 0 Å². The molecular formula is C11H17N3S. The summed E-state index contributed by atoms with van der Waals surface area (Å²) in [6.45, 7) is 5.03. The van der Waals surface area contributed by atoms with Crippen molar-refractivity contribution < 1.29 is 0 Å². The van der Waals surface area contributed by atoms with Crippen LogP contribution in [0.1, 0.15) is 25.5 Å². The summed E-state index contributed by atoms with van der Waals surface area (Å²) < 4.78 is 0. The van der Waals surface area contributed by atoms with Crippen LogP contribution in [0.5, 0.6) is 0 Å². The number of hydrogen-bond donors (Lipinski definition) is 2. The molecule has 1 aromatic rings. The van der Waals surface area contributed by atoms with Gasteiger partial charge in [-0.2, -0.15) is 0 Å². The summed E-state index contributed by atoms with van der Waals surface area (Å²) in [7, 11) is 0. The van der Waals surface area contributed by atoms with Gasteiger partial charge in [0.2, 0.25) is 0 Å². The minimum absolute atomic E-state index is 0.661. The third-order valence-electron chi connectivity index (χ3n) is 1.99. The quantitative estimate of drug-likeness (QED) is 0.607. The van der Waals surface area contributed by atoms with Crippen LogP contribution in [-0.4, -0.2) is 16.6 Å². The number of aromatic nitrogens is 1. The van der Waals surface area contributed by atoms with Crippen LogP contribution in [-0.2, 0) is 0 Å². The summed E-state index contributed by atoms with van der Waals surface area (Å²) in [5.41, 5.74) is 1.93. The van der Waals surface area contributed by atoms with Gasteiger partial charge in [0, 0.05) is 12.2 Å². The van der Waals surface area contributed by atoms with Crippen molar-refractivity contribution in [2.75, 3.05) is 11.9 Å². The fraction of sp³-hybridized carbons (Fsp3) is 0.455. The van der Waals surface area contributed by atoms with Crippen LogP contribution in [0.15, 0.2) is 18.3 Å². The van der Waals surface area contributed by atoms with Gasteiger partial charge in [0.15, 0.2) is 5.11 Å². The average Bonchev–Trinajstić information content (AvgIpc) is 2.22. The Morgan fingerprint density at radius 3 is 2.87 bits per heavy atom. The zero-order valence-electron chi connectivity index (χ0n) is 9.21. The van der Waals surface area contributed by atoms with Gasteiger partial charge in [0.05, 0.1) is 11.9 Å².